The Bertz CT molecular complexity index is 3220. The lowest BCUT2D eigenvalue weighted by Gasteiger charge is -2.44. The minimum atomic E-state index is -7.22. The standard InChI is InChI=1S/C28H22OP.C24BF20/c1-4-15-24(16-5-1)30(25-17-6-2-7-18-25,26-19-8-3-9-20-26)29-28-22-12-14-23-13-10-11-21-27(23)28;26-5-1(6(27)14(35)21(42)13(5)34)25(2-7(28)15(36)22(43)16(37)8(2)29,3-9(30)17(38)23(44)18(39)10(3)31)4-11(32)19(40)24(45)20(41)12(4)33/h1-22H;/q+1;-1. The van der Waals surface area contributed by atoms with Gasteiger partial charge in [0.05, 0.1) is 0 Å². The second-order valence-electron chi connectivity index (χ2n) is 16.0. The Morgan fingerprint density at radius 1 is 0.240 bits per heavy atom. The van der Waals surface area contributed by atoms with Gasteiger partial charge in [0.2, 0.25) is 0 Å². The molecule has 0 fully saturated rings. The first-order valence-electron chi connectivity index (χ1n) is 21.0. The quantitative estimate of drug-likeness (QED) is 0.0460. The molecule has 0 radical (unpaired) electrons. The predicted octanol–water partition coefficient (Wildman–Crippen LogP) is 12.0. The molecular formula is C52H22BF20OP. The van der Waals surface area contributed by atoms with Crippen LogP contribution in [0.1, 0.15) is 0 Å². The topological polar surface area (TPSA) is 9.23 Å². The first-order valence-corrected chi connectivity index (χ1v) is 22.8. The van der Waals surface area contributed by atoms with E-state index in [1.165, 1.54) is 21.3 Å². The third-order valence-electron chi connectivity index (χ3n) is 12.1. The summed E-state index contributed by atoms with van der Waals surface area (Å²) in [4.78, 5) is 0. The van der Waals surface area contributed by atoms with E-state index in [9.17, 15) is 52.7 Å². The van der Waals surface area contributed by atoms with Crippen LogP contribution in [0.3, 0.4) is 0 Å². The molecule has 384 valence electrons. The first-order chi connectivity index (χ1) is 35.6. The second-order valence-corrected chi connectivity index (χ2v) is 18.9. The third-order valence-corrected chi connectivity index (χ3v) is 15.6. The van der Waals surface area contributed by atoms with E-state index >= 15 is 35.1 Å². The zero-order valence-corrected chi connectivity index (χ0v) is 37.6. The highest BCUT2D eigenvalue weighted by molar-refractivity contribution is 7.92. The van der Waals surface area contributed by atoms with E-state index in [0.29, 0.717) is 0 Å². The van der Waals surface area contributed by atoms with Gasteiger partial charge in [-0.25, -0.2) is 87.8 Å². The van der Waals surface area contributed by atoms with Gasteiger partial charge < -0.3 is 4.52 Å². The molecule has 23 heteroatoms. The van der Waals surface area contributed by atoms with E-state index in [-0.39, 0.29) is 0 Å². The fourth-order valence-electron chi connectivity index (χ4n) is 8.82. The van der Waals surface area contributed by atoms with Crippen LogP contribution in [0.4, 0.5) is 87.8 Å². The number of fused-ring (bicyclic) bond motifs is 1. The van der Waals surface area contributed by atoms with Gasteiger partial charge in [-0.1, -0.05) is 91.0 Å². The molecule has 0 spiro atoms. The Morgan fingerprint density at radius 3 is 0.747 bits per heavy atom. The van der Waals surface area contributed by atoms with Gasteiger partial charge in [-0.3, -0.25) is 0 Å². The van der Waals surface area contributed by atoms with Crippen LogP contribution < -0.4 is 42.3 Å². The van der Waals surface area contributed by atoms with Crippen molar-refractivity contribution < 1.29 is 92.3 Å². The van der Waals surface area contributed by atoms with Crippen molar-refractivity contribution in [3.05, 3.63) is 250 Å². The first kappa shape index (κ1) is 53.4. The van der Waals surface area contributed by atoms with E-state index in [2.05, 4.69) is 133 Å². The molecular weight excluding hydrogens is 1060 g/mol. The van der Waals surface area contributed by atoms with E-state index in [4.69, 9.17) is 4.52 Å². The van der Waals surface area contributed by atoms with Crippen molar-refractivity contribution in [3.63, 3.8) is 0 Å². The number of hydrogen-bond donors (Lipinski definition) is 0. The molecule has 9 rings (SSSR count). The van der Waals surface area contributed by atoms with Crippen molar-refractivity contribution in [1.29, 1.82) is 0 Å². The van der Waals surface area contributed by atoms with E-state index < -0.39 is 152 Å². The Morgan fingerprint density at radius 2 is 0.467 bits per heavy atom. The summed E-state index contributed by atoms with van der Waals surface area (Å²) in [5, 5.41) is 5.93. The summed E-state index contributed by atoms with van der Waals surface area (Å²) in [5.41, 5.74) is -14.3. The molecule has 0 atom stereocenters. The van der Waals surface area contributed by atoms with Crippen LogP contribution in [0.15, 0.2) is 133 Å². The molecule has 0 bridgehead atoms. The van der Waals surface area contributed by atoms with Crippen molar-refractivity contribution in [2.75, 3.05) is 0 Å². The van der Waals surface area contributed by atoms with E-state index in [0.717, 1.165) is 11.1 Å². The van der Waals surface area contributed by atoms with Gasteiger partial charge in [-0.15, -0.1) is 21.9 Å². The van der Waals surface area contributed by atoms with Gasteiger partial charge in [-0.05, 0) is 47.9 Å². The maximum Gasteiger partial charge on any atom is 0.287 e. The lowest BCUT2D eigenvalue weighted by Crippen LogP contribution is -2.81. The molecule has 0 unspecified atom stereocenters. The molecule has 0 saturated carbocycles. The molecule has 0 aliphatic heterocycles. The van der Waals surface area contributed by atoms with Gasteiger partial charge in [0.1, 0.15) is 68.6 Å². The highest BCUT2D eigenvalue weighted by Gasteiger charge is 2.53. The summed E-state index contributed by atoms with van der Waals surface area (Å²) in [6.45, 7) is 0. The van der Waals surface area contributed by atoms with Crippen LogP contribution in [0.5, 0.6) is 5.75 Å². The van der Waals surface area contributed by atoms with Crippen molar-refractivity contribution in [3.8, 4) is 5.75 Å². The zero-order chi connectivity index (χ0) is 54.6. The molecule has 0 N–H and O–H groups in total. The van der Waals surface area contributed by atoms with Crippen LogP contribution in [0, 0.1) is 116 Å². The van der Waals surface area contributed by atoms with E-state index in [1.54, 1.807) is 0 Å². The normalized spacial score (nSPS) is 11.7. The maximum absolute atomic E-state index is 15.4. The summed E-state index contributed by atoms with van der Waals surface area (Å²) >= 11 is 0. The number of hydrogen-bond acceptors (Lipinski definition) is 1. The number of halogens is 20. The Kier molecular flexibility index (Phi) is 14.6. The SMILES string of the molecule is Fc1c(F)c(F)c([B-](c2c(F)c(F)c(F)c(F)c2F)(c2c(F)c(F)c(F)c(F)c2F)c2c(F)c(F)c(F)c(F)c2F)c(F)c1F.c1ccc([P+](Oc2cccc3ccccc23)(c2ccccc2)c2ccccc2)cc1. The van der Waals surface area contributed by atoms with Crippen molar-refractivity contribution in [1.82, 2.24) is 0 Å². The molecule has 0 saturated heterocycles. The van der Waals surface area contributed by atoms with Crippen LogP contribution in [-0.4, -0.2) is 6.15 Å². The smallest absolute Gasteiger partial charge is 0.287 e. The fraction of sp³-hybridized carbons (Fsp3) is 0. The van der Waals surface area contributed by atoms with E-state index in [1.807, 2.05) is 0 Å². The molecule has 1 nitrogen and oxygen atoms in total. The molecule has 0 aliphatic carbocycles. The fourth-order valence-corrected chi connectivity index (χ4v) is 12.3. The third kappa shape index (κ3) is 8.38. The van der Waals surface area contributed by atoms with Crippen LogP contribution in [-0.2, 0) is 0 Å². The van der Waals surface area contributed by atoms with Gasteiger partial charge in [0.15, 0.2) is 75.6 Å². The lowest BCUT2D eigenvalue weighted by atomic mass is 9.12. The average Bonchev–Trinajstić information content (AvgIpc) is 3.43. The largest absolute Gasteiger partial charge is 0.334 e. The van der Waals surface area contributed by atoms with Crippen LogP contribution in [0.25, 0.3) is 10.8 Å². The van der Waals surface area contributed by atoms with Crippen LogP contribution >= 0.6 is 7.49 Å². The molecule has 9 aromatic carbocycles. The Hall–Kier alpha value is -7.87. The summed E-state index contributed by atoms with van der Waals surface area (Å²) in [7, 11) is -2.38. The molecule has 0 heterocycles. The van der Waals surface area contributed by atoms with Gasteiger partial charge in [0.25, 0.3) is 7.49 Å². The minimum absolute atomic E-state index is 0.915. The van der Waals surface area contributed by atoms with Crippen molar-refractivity contribution in [2.45, 2.75) is 0 Å². The summed E-state index contributed by atoms with van der Waals surface area (Å²) in [6.07, 6.45) is -7.22. The summed E-state index contributed by atoms with van der Waals surface area (Å²) in [5.74, 6) is -70.5. The van der Waals surface area contributed by atoms with Gasteiger partial charge in [0, 0.05) is 5.39 Å². The summed E-state index contributed by atoms with van der Waals surface area (Å²) in [6, 6.07) is 46.7. The molecule has 0 amide bonds. The Labute approximate surface area is 409 Å². The predicted molar refractivity (Wildman–Crippen MR) is 239 cm³/mol. The molecule has 0 aromatic heterocycles. The molecule has 0 aliphatic rings. The average molecular weight is 1080 g/mol. The van der Waals surface area contributed by atoms with Gasteiger partial charge >= 0.3 is 0 Å². The van der Waals surface area contributed by atoms with Crippen LogP contribution in [0.2, 0.25) is 0 Å². The number of rotatable bonds is 9. The van der Waals surface area contributed by atoms with Crippen molar-refractivity contribution in [2.24, 2.45) is 0 Å². The second kappa shape index (κ2) is 20.4. The molecule has 75 heavy (non-hydrogen) atoms. The lowest BCUT2D eigenvalue weighted by molar-refractivity contribution is 0.378. The summed E-state index contributed by atoms with van der Waals surface area (Å²) < 4.78 is 301. The molecule has 9 aromatic rings. The van der Waals surface area contributed by atoms with Crippen molar-refractivity contribution >= 4 is 62.2 Å². The monoisotopic (exact) mass is 1080 g/mol. The zero-order valence-electron chi connectivity index (χ0n) is 36.7. The highest BCUT2D eigenvalue weighted by Crippen LogP contribution is 2.57. The highest BCUT2D eigenvalue weighted by atomic mass is 31.2. The minimum Gasteiger partial charge on any atom is -0.334 e. The maximum atomic E-state index is 15.4. The number of benzene rings is 9. The Balaban J connectivity index is 0.000000215. The van der Waals surface area contributed by atoms with Gasteiger partial charge in [-0.2, -0.15) is 0 Å².